The monoisotopic (exact) mass is 184 g/mol. The smallest absolute Gasteiger partial charge is 0.0941 e. The molecule has 0 aliphatic heterocycles. The normalized spacial score (nSPS) is 48.0. The van der Waals surface area contributed by atoms with Gasteiger partial charge in [-0.2, -0.15) is 0 Å². The number of methoxy groups -OCH3 is 1. The number of rotatable bonds is 1. The van der Waals surface area contributed by atoms with E-state index in [0.717, 1.165) is 12.8 Å². The van der Waals surface area contributed by atoms with Gasteiger partial charge in [-0.25, -0.2) is 0 Å². The van der Waals surface area contributed by atoms with Crippen LogP contribution in [0.25, 0.3) is 0 Å². The Labute approximate surface area is 80.3 Å². The molecular formula is C11H20O2. The second kappa shape index (κ2) is 2.71. The van der Waals surface area contributed by atoms with Gasteiger partial charge in [-0.05, 0) is 37.0 Å². The van der Waals surface area contributed by atoms with Crippen molar-refractivity contribution in [1.29, 1.82) is 0 Å². The van der Waals surface area contributed by atoms with Crippen LogP contribution in [0.2, 0.25) is 0 Å². The standard InChI is InChI=1S/C11H20O2/c1-10(2)8-4-6-11(13-3,7-5-8)9(10)12/h8-9,12H,4-7H2,1-3H3. The highest BCUT2D eigenvalue weighted by Gasteiger charge is 2.57. The van der Waals surface area contributed by atoms with E-state index in [0.29, 0.717) is 5.92 Å². The fraction of sp³-hybridized carbons (Fsp3) is 1.00. The molecule has 1 unspecified atom stereocenters. The fourth-order valence-corrected chi connectivity index (χ4v) is 3.34. The van der Waals surface area contributed by atoms with E-state index >= 15 is 0 Å². The molecule has 0 spiro atoms. The molecule has 0 saturated heterocycles. The van der Waals surface area contributed by atoms with Crippen molar-refractivity contribution in [1.82, 2.24) is 0 Å². The number of hydrogen-bond donors (Lipinski definition) is 1. The Morgan fingerprint density at radius 1 is 1.23 bits per heavy atom. The first-order valence-corrected chi connectivity index (χ1v) is 5.26. The molecule has 3 aliphatic carbocycles. The highest BCUT2D eigenvalue weighted by molar-refractivity contribution is 5.08. The minimum Gasteiger partial charge on any atom is -0.390 e. The van der Waals surface area contributed by atoms with E-state index in [4.69, 9.17) is 4.74 Å². The second-order valence-electron chi connectivity index (χ2n) is 5.27. The molecule has 0 radical (unpaired) electrons. The SMILES string of the molecule is COC12CCC(CC1)C(C)(C)C2O. The van der Waals surface area contributed by atoms with Crippen molar-refractivity contribution in [3.63, 3.8) is 0 Å². The third-order valence-corrected chi connectivity index (χ3v) is 4.49. The third-order valence-electron chi connectivity index (χ3n) is 4.49. The van der Waals surface area contributed by atoms with Gasteiger partial charge < -0.3 is 9.84 Å². The maximum Gasteiger partial charge on any atom is 0.0941 e. The number of ether oxygens (including phenoxy) is 1. The van der Waals surface area contributed by atoms with Gasteiger partial charge in [0.05, 0.1) is 11.7 Å². The van der Waals surface area contributed by atoms with Crippen LogP contribution in [0.4, 0.5) is 0 Å². The molecule has 13 heavy (non-hydrogen) atoms. The van der Waals surface area contributed by atoms with E-state index in [-0.39, 0.29) is 17.1 Å². The molecule has 0 aromatic rings. The summed E-state index contributed by atoms with van der Waals surface area (Å²) in [4.78, 5) is 0. The lowest BCUT2D eigenvalue weighted by molar-refractivity contribution is -0.221. The number of aliphatic hydroxyl groups is 1. The molecule has 0 aromatic carbocycles. The van der Waals surface area contributed by atoms with Gasteiger partial charge in [-0.1, -0.05) is 13.8 Å². The number of hydrogen-bond acceptors (Lipinski definition) is 2. The van der Waals surface area contributed by atoms with Crippen LogP contribution in [-0.4, -0.2) is 23.9 Å². The maximum absolute atomic E-state index is 10.3. The first kappa shape index (κ1) is 9.47. The second-order valence-corrected chi connectivity index (χ2v) is 5.27. The van der Waals surface area contributed by atoms with Crippen LogP contribution in [0.1, 0.15) is 39.5 Å². The quantitative estimate of drug-likeness (QED) is 0.675. The predicted molar refractivity (Wildman–Crippen MR) is 51.5 cm³/mol. The van der Waals surface area contributed by atoms with Gasteiger partial charge in [-0.3, -0.25) is 0 Å². The Morgan fingerprint density at radius 2 is 1.77 bits per heavy atom. The van der Waals surface area contributed by atoms with Crippen LogP contribution < -0.4 is 0 Å². The Kier molecular flexibility index (Phi) is 1.97. The van der Waals surface area contributed by atoms with Crippen LogP contribution in [0.15, 0.2) is 0 Å². The molecule has 1 atom stereocenters. The van der Waals surface area contributed by atoms with Gasteiger partial charge in [0.15, 0.2) is 0 Å². The first-order valence-electron chi connectivity index (χ1n) is 5.26. The Hall–Kier alpha value is -0.0800. The average molecular weight is 184 g/mol. The van der Waals surface area contributed by atoms with E-state index in [2.05, 4.69) is 13.8 Å². The summed E-state index contributed by atoms with van der Waals surface area (Å²) >= 11 is 0. The van der Waals surface area contributed by atoms with Crippen molar-refractivity contribution in [3.05, 3.63) is 0 Å². The zero-order valence-electron chi connectivity index (χ0n) is 8.84. The molecule has 2 heteroatoms. The predicted octanol–water partition coefficient (Wildman–Crippen LogP) is 1.96. The summed E-state index contributed by atoms with van der Waals surface area (Å²) in [7, 11) is 1.74. The van der Waals surface area contributed by atoms with E-state index in [1.165, 1.54) is 12.8 Å². The summed E-state index contributed by atoms with van der Waals surface area (Å²) in [5.74, 6) is 0.694. The van der Waals surface area contributed by atoms with Crippen molar-refractivity contribution in [3.8, 4) is 0 Å². The molecule has 2 nitrogen and oxygen atoms in total. The van der Waals surface area contributed by atoms with Gasteiger partial charge in [-0.15, -0.1) is 0 Å². The largest absolute Gasteiger partial charge is 0.390 e. The lowest BCUT2D eigenvalue weighted by Gasteiger charge is -2.57. The molecule has 3 aliphatic rings. The lowest BCUT2D eigenvalue weighted by atomic mass is 9.54. The van der Waals surface area contributed by atoms with Crippen molar-refractivity contribution in [2.75, 3.05) is 7.11 Å². The van der Waals surface area contributed by atoms with Gasteiger partial charge in [0.25, 0.3) is 0 Å². The van der Waals surface area contributed by atoms with Crippen molar-refractivity contribution >= 4 is 0 Å². The molecule has 0 aromatic heterocycles. The molecule has 3 saturated carbocycles. The van der Waals surface area contributed by atoms with E-state index in [1.54, 1.807) is 7.11 Å². The molecule has 3 fully saturated rings. The van der Waals surface area contributed by atoms with E-state index in [1.807, 2.05) is 0 Å². The maximum atomic E-state index is 10.3. The molecule has 76 valence electrons. The Bertz CT molecular complexity index is 202. The molecule has 3 rings (SSSR count). The summed E-state index contributed by atoms with van der Waals surface area (Å²) in [6, 6.07) is 0. The summed E-state index contributed by atoms with van der Waals surface area (Å²) in [6.07, 6.45) is 4.24. The van der Waals surface area contributed by atoms with E-state index in [9.17, 15) is 5.11 Å². The van der Waals surface area contributed by atoms with Crippen LogP contribution in [-0.2, 0) is 4.74 Å². The van der Waals surface area contributed by atoms with E-state index < -0.39 is 0 Å². The van der Waals surface area contributed by atoms with Crippen LogP contribution in [0.5, 0.6) is 0 Å². The highest BCUT2D eigenvalue weighted by atomic mass is 16.5. The summed E-state index contributed by atoms with van der Waals surface area (Å²) in [5, 5.41) is 10.3. The fourth-order valence-electron chi connectivity index (χ4n) is 3.34. The van der Waals surface area contributed by atoms with Crippen LogP contribution in [0.3, 0.4) is 0 Å². The number of fused-ring (bicyclic) bond motifs is 3. The third kappa shape index (κ3) is 1.08. The molecule has 0 heterocycles. The summed E-state index contributed by atoms with van der Waals surface area (Å²) in [6.45, 7) is 4.35. The molecule has 0 amide bonds. The summed E-state index contributed by atoms with van der Waals surface area (Å²) < 4.78 is 5.56. The Morgan fingerprint density at radius 3 is 2.15 bits per heavy atom. The lowest BCUT2D eigenvalue weighted by Crippen LogP contribution is -2.61. The van der Waals surface area contributed by atoms with Gasteiger partial charge in [0, 0.05) is 7.11 Å². The minimum atomic E-state index is -0.280. The average Bonchev–Trinajstić information content (AvgIpc) is 2.15. The highest BCUT2D eigenvalue weighted by Crippen LogP contribution is 2.55. The van der Waals surface area contributed by atoms with Crippen LogP contribution >= 0.6 is 0 Å². The first-order chi connectivity index (χ1) is 6.03. The molecular weight excluding hydrogens is 164 g/mol. The van der Waals surface area contributed by atoms with Gasteiger partial charge in [0.2, 0.25) is 0 Å². The zero-order chi connectivity index (χ0) is 9.69. The van der Waals surface area contributed by atoms with Crippen molar-refractivity contribution < 1.29 is 9.84 Å². The van der Waals surface area contributed by atoms with Crippen LogP contribution in [0, 0.1) is 11.3 Å². The Balaban J connectivity index is 2.31. The minimum absolute atomic E-state index is 0.0481. The van der Waals surface area contributed by atoms with Gasteiger partial charge >= 0.3 is 0 Å². The topological polar surface area (TPSA) is 29.5 Å². The van der Waals surface area contributed by atoms with Gasteiger partial charge in [0.1, 0.15) is 0 Å². The summed E-state index contributed by atoms with van der Waals surface area (Å²) in [5.41, 5.74) is -0.176. The van der Waals surface area contributed by atoms with Crippen molar-refractivity contribution in [2.24, 2.45) is 11.3 Å². The molecule has 1 N–H and O–H groups in total. The zero-order valence-corrected chi connectivity index (χ0v) is 8.84. The number of aliphatic hydroxyl groups excluding tert-OH is 1. The van der Waals surface area contributed by atoms with Crippen molar-refractivity contribution in [2.45, 2.75) is 51.2 Å². The molecule has 2 bridgehead atoms.